The van der Waals surface area contributed by atoms with Crippen LogP contribution < -0.4 is 11.1 Å². The molecule has 0 radical (unpaired) electrons. The summed E-state index contributed by atoms with van der Waals surface area (Å²) < 4.78 is 0. The first-order valence-electron chi connectivity index (χ1n) is 5.12. The second-order valence-electron chi connectivity index (χ2n) is 3.22. The summed E-state index contributed by atoms with van der Waals surface area (Å²) in [5, 5.41) is 3.11. The number of hydrogen-bond acceptors (Lipinski definition) is 4. The minimum atomic E-state index is 0.624. The quantitative estimate of drug-likeness (QED) is 0.666. The molecule has 0 unspecified atom stereocenters. The van der Waals surface area contributed by atoms with Gasteiger partial charge >= 0.3 is 0 Å². The van der Waals surface area contributed by atoms with Gasteiger partial charge in [-0.3, -0.25) is 0 Å². The highest BCUT2D eigenvalue weighted by molar-refractivity contribution is 5.48. The van der Waals surface area contributed by atoms with Crippen LogP contribution in [0.25, 0.3) is 0 Å². The number of nitrogens with zero attached hydrogens (tertiary/aromatic N) is 1. The Hall–Kier alpha value is -1.29. The molecular formula is C11H21N3O. The Morgan fingerprint density at radius 2 is 2.27 bits per heavy atom. The van der Waals surface area contributed by atoms with Gasteiger partial charge in [0.1, 0.15) is 12.1 Å². The van der Waals surface area contributed by atoms with E-state index in [4.69, 9.17) is 5.73 Å². The first-order valence-corrected chi connectivity index (χ1v) is 5.12. The Kier molecular flexibility index (Phi) is 7.36. The van der Waals surface area contributed by atoms with Crippen LogP contribution in [-0.2, 0) is 4.79 Å². The molecule has 0 aromatic heterocycles. The van der Waals surface area contributed by atoms with E-state index in [1.54, 1.807) is 0 Å². The van der Waals surface area contributed by atoms with Crippen molar-refractivity contribution in [3.63, 3.8) is 0 Å². The van der Waals surface area contributed by atoms with Crippen molar-refractivity contribution in [1.82, 2.24) is 10.2 Å². The molecule has 0 saturated heterocycles. The number of nitrogens with one attached hydrogen (secondary N) is 1. The fraction of sp³-hybridized carbons (Fsp3) is 0.545. The van der Waals surface area contributed by atoms with E-state index in [9.17, 15) is 4.79 Å². The third-order valence-corrected chi connectivity index (χ3v) is 2.02. The van der Waals surface area contributed by atoms with Gasteiger partial charge in [-0.1, -0.05) is 13.0 Å². The number of carbonyl (C=O) groups excluding carboxylic acids is 1. The molecule has 4 heteroatoms. The third-order valence-electron chi connectivity index (χ3n) is 2.02. The van der Waals surface area contributed by atoms with Crippen molar-refractivity contribution in [2.75, 3.05) is 27.2 Å². The van der Waals surface area contributed by atoms with Crippen molar-refractivity contribution in [2.24, 2.45) is 5.73 Å². The first kappa shape index (κ1) is 13.7. The molecule has 0 saturated carbocycles. The van der Waals surface area contributed by atoms with Crippen LogP contribution in [0.2, 0.25) is 0 Å². The summed E-state index contributed by atoms with van der Waals surface area (Å²) >= 11 is 0. The molecule has 1 aliphatic heterocycles. The van der Waals surface area contributed by atoms with Crippen LogP contribution in [0.3, 0.4) is 0 Å². The van der Waals surface area contributed by atoms with Gasteiger partial charge in [0.15, 0.2) is 0 Å². The Labute approximate surface area is 91.8 Å². The van der Waals surface area contributed by atoms with Gasteiger partial charge in [-0.2, -0.15) is 0 Å². The Bertz CT molecular complexity index is 246. The monoisotopic (exact) mass is 211 g/mol. The molecule has 0 aromatic carbocycles. The lowest BCUT2D eigenvalue weighted by atomic mass is 10.2. The third kappa shape index (κ3) is 5.22. The minimum absolute atomic E-state index is 0.624. The van der Waals surface area contributed by atoms with Gasteiger partial charge in [0.25, 0.3) is 0 Å². The molecule has 15 heavy (non-hydrogen) atoms. The summed E-state index contributed by atoms with van der Waals surface area (Å²) in [4.78, 5) is 11.3. The maximum absolute atomic E-state index is 9.17. The van der Waals surface area contributed by atoms with Gasteiger partial charge in [-0.25, -0.2) is 0 Å². The van der Waals surface area contributed by atoms with Crippen molar-refractivity contribution in [1.29, 1.82) is 0 Å². The normalized spacial score (nSPS) is 14.5. The predicted molar refractivity (Wildman–Crippen MR) is 63.3 cm³/mol. The van der Waals surface area contributed by atoms with Crippen LogP contribution in [-0.4, -0.2) is 38.4 Å². The van der Waals surface area contributed by atoms with Crippen LogP contribution in [0.1, 0.15) is 13.3 Å². The van der Waals surface area contributed by atoms with Crippen LogP contribution in [0, 0.1) is 0 Å². The molecule has 0 aliphatic carbocycles. The zero-order valence-corrected chi connectivity index (χ0v) is 9.79. The Balaban J connectivity index is 0.000000423. The van der Waals surface area contributed by atoms with Crippen molar-refractivity contribution in [3.05, 3.63) is 23.5 Å². The Morgan fingerprint density at radius 1 is 1.67 bits per heavy atom. The van der Waals surface area contributed by atoms with Gasteiger partial charge in [0.2, 0.25) is 0 Å². The first-order chi connectivity index (χ1) is 7.19. The summed E-state index contributed by atoms with van der Waals surface area (Å²) in [5.74, 6) is 1.13. The summed E-state index contributed by atoms with van der Waals surface area (Å²) in [6.07, 6.45) is 5.73. The molecule has 86 valence electrons. The van der Waals surface area contributed by atoms with E-state index >= 15 is 0 Å². The van der Waals surface area contributed by atoms with E-state index in [0.717, 1.165) is 18.7 Å². The minimum Gasteiger partial charge on any atom is -0.375 e. The van der Waals surface area contributed by atoms with E-state index in [2.05, 4.69) is 22.4 Å². The zero-order valence-electron chi connectivity index (χ0n) is 9.79. The van der Waals surface area contributed by atoms with Gasteiger partial charge in [0.05, 0.1) is 0 Å². The Morgan fingerprint density at radius 3 is 2.67 bits per heavy atom. The maximum atomic E-state index is 9.17. The second-order valence-corrected chi connectivity index (χ2v) is 3.22. The fourth-order valence-electron chi connectivity index (χ4n) is 1.10. The SMILES string of the molecule is CCC=O.CNC1=CC(CN)=CCN1C. The van der Waals surface area contributed by atoms with Crippen LogP contribution in [0.5, 0.6) is 0 Å². The van der Waals surface area contributed by atoms with Gasteiger partial charge in [-0.15, -0.1) is 0 Å². The van der Waals surface area contributed by atoms with Gasteiger partial charge < -0.3 is 20.7 Å². The molecule has 1 aliphatic rings. The molecule has 1 rings (SSSR count). The topological polar surface area (TPSA) is 58.4 Å². The summed E-state index contributed by atoms with van der Waals surface area (Å²) in [7, 11) is 3.97. The molecule has 4 nitrogen and oxygen atoms in total. The molecule has 3 N–H and O–H groups in total. The van der Waals surface area contributed by atoms with E-state index in [1.165, 1.54) is 5.57 Å². The molecule has 0 aromatic rings. The van der Waals surface area contributed by atoms with Crippen molar-refractivity contribution in [2.45, 2.75) is 13.3 Å². The molecule has 0 fully saturated rings. The smallest absolute Gasteiger partial charge is 0.119 e. The summed E-state index contributed by atoms with van der Waals surface area (Å²) in [5.41, 5.74) is 6.71. The maximum Gasteiger partial charge on any atom is 0.119 e. The largest absolute Gasteiger partial charge is 0.375 e. The highest BCUT2D eigenvalue weighted by Gasteiger charge is 2.06. The average Bonchev–Trinajstić information content (AvgIpc) is 2.30. The molecular weight excluding hydrogens is 190 g/mol. The highest BCUT2D eigenvalue weighted by Crippen LogP contribution is 2.08. The van der Waals surface area contributed by atoms with Crippen LogP contribution in [0.4, 0.5) is 0 Å². The number of carbonyl (C=O) groups is 1. The number of likely N-dealkylation sites (N-methyl/N-ethyl adjacent to an activating group) is 1. The lowest BCUT2D eigenvalue weighted by Crippen LogP contribution is -2.29. The second kappa shape index (κ2) is 8.05. The zero-order chi connectivity index (χ0) is 11.7. The van der Waals surface area contributed by atoms with Gasteiger partial charge in [-0.05, 0) is 11.6 Å². The molecule has 0 spiro atoms. The van der Waals surface area contributed by atoms with Crippen molar-refractivity contribution >= 4 is 6.29 Å². The number of aldehydes is 1. The standard InChI is InChI=1S/C8H15N3.C3H6O/c1-10-8-5-7(6-9)3-4-11(8)2;1-2-3-4/h3,5,10H,4,6,9H2,1-2H3;3H,2H2,1H3. The lowest BCUT2D eigenvalue weighted by Gasteiger charge is -2.24. The predicted octanol–water partition coefficient (Wildman–Crippen LogP) is 0.473. The molecule has 0 amide bonds. The fourth-order valence-corrected chi connectivity index (χ4v) is 1.10. The van der Waals surface area contributed by atoms with Crippen molar-refractivity contribution < 1.29 is 4.79 Å². The van der Waals surface area contributed by atoms with Crippen LogP contribution in [0.15, 0.2) is 23.5 Å². The highest BCUT2D eigenvalue weighted by atomic mass is 16.1. The van der Waals surface area contributed by atoms with Crippen LogP contribution >= 0.6 is 0 Å². The van der Waals surface area contributed by atoms with E-state index < -0.39 is 0 Å². The number of hydrogen-bond donors (Lipinski definition) is 2. The van der Waals surface area contributed by atoms with E-state index in [-0.39, 0.29) is 0 Å². The van der Waals surface area contributed by atoms with Gasteiger partial charge in [0, 0.05) is 33.6 Å². The van der Waals surface area contributed by atoms with E-state index in [1.807, 2.05) is 21.0 Å². The van der Waals surface area contributed by atoms with E-state index in [0.29, 0.717) is 13.0 Å². The lowest BCUT2D eigenvalue weighted by molar-refractivity contribution is -0.107. The molecule has 0 atom stereocenters. The summed E-state index contributed by atoms with van der Waals surface area (Å²) in [6, 6.07) is 0. The number of rotatable bonds is 3. The average molecular weight is 211 g/mol. The number of nitrogens with two attached hydrogens (primary N) is 1. The molecule has 1 heterocycles. The summed E-state index contributed by atoms with van der Waals surface area (Å²) in [6.45, 7) is 3.38. The van der Waals surface area contributed by atoms with Crippen molar-refractivity contribution in [3.8, 4) is 0 Å². The molecule has 0 bridgehead atoms.